The Hall–Kier alpha value is -1.62. The van der Waals surface area contributed by atoms with Crippen LogP contribution in [0.25, 0.3) is 0 Å². The summed E-state index contributed by atoms with van der Waals surface area (Å²) in [7, 11) is -3.26. The lowest BCUT2D eigenvalue weighted by molar-refractivity contribution is -0.117. The molecule has 104 valence electrons. The van der Waals surface area contributed by atoms with Gasteiger partial charge in [-0.2, -0.15) is 0 Å². The van der Waals surface area contributed by atoms with Gasteiger partial charge in [-0.15, -0.1) is 0 Å². The molecule has 0 radical (unpaired) electrons. The third-order valence-electron chi connectivity index (χ3n) is 3.06. The van der Waals surface area contributed by atoms with Crippen molar-refractivity contribution < 1.29 is 13.2 Å². The second kappa shape index (κ2) is 6.02. The number of sulfone groups is 1. The molecular weight excluding hydrogens is 262 g/mol. The molecule has 0 fully saturated rings. The minimum Gasteiger partial charge on any atom is -0.344 e. The lowest BCUT2D eigenvalue weighted by Gasteiger charge is -2.24. The third kappa shape index (κ3) is 4.21. The standard InChI is InChI=1S/C14H19NO3S/c1-5-13(16)15-14(11(3)19(4,17)18)12-8-6-10(2)7-9-12/h5-9,11,14H,1H2,2-4H3,(H,15,16)/t11-,14+/m1/s1. The molecule has 0 heterocycles. The molecule has 1 aromatic carbocycles. The Morgan fingerprint density at radius 1 is 1.32 bits per heavy atom. The van der Waals surface area contributed by atoms with Crippen LogP contribution < -0.4 is 5.32 Å². The number of rotatable bonds is 5. The van der Waals surface area contributed by atoms with Gasteiger partial charge in [-0.05, 0) is 25.5 Å². The number of hydrogen-bond donors (Lipinski definition) is 1. The van der Waals surface area contributed by atoms with E-state index in [0.29, 0.717) is 0 Å². The molecule has 0 aliphatic heterocycles. The molecule has 0 saturated carbocycles. The van der Waals surface area contributed by atoms with E-state index in [2.05, 4.69) is 11.9 Å². The summed E-state index contributed by atoms with van der Waals surface area (Å²) in [5.41, 5.74) is 1.84. The summed E-state index contributed by atoms with van der Waals surface area (Å²) >= 11 is 0. The minimum atomic E-state index is -3.26. The average Bonchev–Trinajstić information content (AvgIpc) is 2.35. The van der Waals surface area contributed by atoms with Gasteiger partial charge in [0.25, 0.3) is 0 Å². The van der Waals surface area contributed by atoms with Crippen molar-refractivity contribution in [3.05, 3.63) is 48.0 Å². The summed E-state index contributed by atoms with van der Waals surface area (Å²) in [6.45, 7) is 6.91. The van der Waals surface area contributed by atoms with Crippen LogP contribution in [-0.2, 0) is 14.6 Å². The molecule has 2 atom stereocenters. The Labute approximate surface area is 114 Å². The van der Waals surface area contributed by atoms with E-state index in [1.54, 1.807) is 6.92 Å². The molecule has 5 heteroatoms. The van der Waals surface area contributed by atoms with Crippen LogP contribution >= 0.6 is 0 Å². The van der Waals surface area contributed by atoms with Crippen molar-refractivity contribution in [3.8, 4) is 0 Å². The quantitative estimate of drug-likeness (QED) is 0.837. The monoisotopic (exact) mass is 281 g/mol. The second-order valence-corrected chi connectivity index (χ2v) is 7.04. The van der Waals surface area contributed by atoms with Crippen molar-refractivity contribution in [2.24, 2.45) is 0 Å². The highest BCUT2D eigenvalue weighted by Crippen LogP contribution is 2.22. The summed E-state index contributed by atoms with van der Waals surface area (Å²) in [5.74, 6) is -0.388. The van der Waals surface area contributed by atoms with Crippen molar-refractivity contribution in [2.75, 3.05) is 6.26 Å². The fourth-order valence-electron chi connectivity index (χ4n) is 1.70. The topological polar surface area (TPSA) is 63.2 Å². The number of benzene rings is 1. The fraction of sp³-hybridized carbons (Fsp3) is 0.357. The predicted molar refractivity (Wildman–Crippen MR) is 76.6 cm³/mol. The van der Waals surface area contributed by atoms with E-state index in [4.69, 9.17) is 0 Å². The molecule has 0 aliphatic carbocycles. The fourth-order valence-corrected chi connectivity index (χ4v) is 2.42. The van der Waals surface area contributed by atoms with Crippen LogP contribution in [0.1, 0.15) is 24.1 Å². The van der Waals surface area contributed by atoms with Crippen molar-refractivity contribution >= 4 is 15.7 Å². The number of aryl methyl sites for hydroxylation is 1. The van der Waals surface area contributed by atoms with E-state index in [1.807, 2.05) is 31.2 Å². The van der Waals surface area contributed by atoms with Gasteiger partial charge < -0.3 is 5.32 Å². The van der Waals surface area contributed by atoms with E-state index >= 15 is 0 Å². The lowest BCUT2D eigenvalue weighted by Crippen LogP contribution is -2.37. The lowest BCUT2D eigenvalue weighted by atomic mass is 10.0. The van der Waals surface area contributed by atoms with Gasteiger partial charge in [-0.25, -0.2) is 8.42 Å². The zero-order chi connectivity index (χ0) is 14.6. The number of amides is 1. The first-order valence-electron chi connectivity index (χ1n) is 5.94. The summed E-state index contributed by atoms with van der Waals surface area (Å²) in [6, 6.07) is 6.84. The Bertz CT molecular complexity index is 561. The van der Waals surface area contributed by atoms with Gasteiger partial charge in [0, 0.05) is 6.26 Å². The van der Waals surface area contributed by atoms with Crippen molar-refractivity contribution in [3.63, 3.8) is 0 Å². The van der Waals surface area contributed by atoms with Crippen molar-refractivity contribution in [1.29, 1.82) is 0 Å². The normalized spacial score (nSPS) is 14.5. The SMILES string of the molecule is C=CC(=O)N[C@H](c1ccc(C)cc1)[C@@H](C)S(C)(=O)=O. The molecule has 19 heavy (non-hydrogen) atoms. The predicted octanol–water partition coefficient (Wildman–Crippen LogP) is 1.77. The smallest absolute Gasteiger partial charge is 0.243 e. The van der Waals surface area contributed by atoms with Gasteiger partial charge in [0.2, 0.25) is 5.91 Å². The molecule has 4 nitrogen and oxygen atoms in total. The summed E-state index contributed by atoms with van der Waals surface area (Å²) in [5, 5.41) is 1.96. The maximum atomic E-state index is 11.7. The Balaban J connectivity index is 3.15. The third-order valence-corrected chi connectivity index (χ3v) is 4.69. The Morgan fingerprint density at radius 2 is 1.84 bits per heavy atom. The zero-order valence-corrected chi connectivity index (χ0v) is 12.2. The van der Waals surface area contributed by atoms with E-state index < -0.39 is 21.1 Å². The molecule has 0 unspecified atom stereocenters. The van der Waals surface area contributed by atoms with Crippen molar-refractivity contribution in [2.45, 2.75) is 25.1 Å². The summed E-state index contributed by atoms with van der Waals surface area (Å²) < 4.78 is 23.4. The summed E-state index contributed by atoms with van der Waals surface area (Å²) in [4.78, 5) is 11.5. The molecule has 1 rings (SSSR count). The van der Waals surface area contributed by atoms with Gasteiger partial charge in [-0.1, -0.05) is 36.4 Å². The van der Waals surface area contributed by atoms with Crippen LogP contribution in [0.5, 0.6) is 0 Å². The molecular formula is C14H19NO3S. The van der Waals surface area contributed by atoms with Gasteiger partial charge in [0.05, 0.1) is 11.3 Å². The molecule has 0 spiro atoms. The maximum absolute atomic E-state index is 11.7. The Morgan fingerprint density at radius 3 is 2.26 bits per heavy atom. The highest BCUT2D eigenvalue weighted by molar-refractivity contribution is 7.91. The number of hydrogen-bond acceptors (Lipinski definition) is 3. The maximum Gasteiger partial charge on any atom is 0.243 e. The Kier molecular flexibility index (Phi) is 4.89. The van der Waals surface area contributed by atoms with Crippen LogP contribution in [0.15, 0.2) is 36.9 Å². The summed E-state index contributed by atoms with van der Waals surface area (Å²) in [6.07, 6.45) is 2.30. The number of nitrogens with one attached hydrogen (secondary N) is 1. The van der Waals surface area contributed by atoms with Gasteiger partial charge in [-0.3, -0.25) is 4.79 Å². The van der Waals surface area contributed by atoms with Gasteiger partial charge in [0.1, 0.15) is 0 Å². The first-order valence-corrected chi connectivity index (χ1v) is 7.89. The molecule has 0 aromatic heterocycles. The van der Waals surface area contributed by atoms with Gasteiger partial charge in [0.15, 0.2) is 9.84 Å². The first kappa shape index (κ1) is 15.4. The zero-order valence-electron chi connectivity index (χ0n) is 11.4. The number of carbonyl (C=O) groups excluding carboxylic acids is 1. The van der Waals surface area contributed by atoms with Gasteiger partial charge >= 0.3 is 0 Å². The minimum absolute atomic E-state index is 0.388. The average molecular weight is 281 g/mol. The van der Waals surface area contributed by atoms with Crippen LogP contribution in [0.3, 0.4) is 0 Å². The largest absolute Gasteiger partial charge is 0.344 e. The molecule has 1 aromatic rings. The second-order valence-electron chi connectivity index (χ2n) is 4.64. The van der Waals surface area contributed by atoms with E-state index in [0.717, 1.165) is 17.2 Å². The van der Waals surface area contributed by atoms with E-state index in [9.17, 15) is 13.2 Å². The number of carbonyl (C=O) groups is 1. The molecule has 0 aliphatic rings. The molecule has 1 N–H and O–H groups in total. The van der Waals surface area contributed by atoms with Crippen LogP contribution in [0.4, 0.5) is 0 Å². The van der Waals surface area contributed by atoms with E-state index in [-0.39, 0.29) is 5.91 Å². The van der Waals surface area contributed by atoms with Crippen molar-refractivity contribution in [1.82, 2.24) is 5.32 Å². The molecule has 0 saturated heterocycles. The highest BCUT2D eigenvalue weighted by Gasteiger charge is 2.28. The highest BCUT2D eigenvalue weighted by atomic mass is 32.2. The van der Waals surface area contributed by atoms with Crippen LogP contribution in [-0.4, -0.2) is 25.8 Å². The van der Waals surface area contributed by atoms with Crippen LogP contribution in [0, 0.1) is 6.92 Å². The molecule has 0 bridgehead atoms. The first-order chi connectivity index (χ1) is 8.75. The van der Waals surface area contributed by atoms with E-state index in [1.165, 1.54) is 6.26 Å². The molecule has 1 amide bonds. The van der Waals surface area contributed by atoms with Crippen LogP contribution in [0.2, 0.25) is 0 Å².